The summed E-state index contributed by atoms with van der Waals surface area (Å²) in [4.78, 5) is 12.1. The van der Waals surface area contributed by atoms with Gasteiger partial charge < -0.3 is 9.47 Å². The Morgan fingerprint density at radius 3 is 3.12 bits per heavy atom. The van der Waals surface area contributed by atoms with E-state index in [1.807, 2.05) is 12.4 Å². The molecule has 2 aromatic heterocycles. The van der Waals surface area contributed by atoms with E-state index in [9.17, 15) is 4.39 Å². The topological polar surface area (TPSA) is 47.5 Å². The lowest BCUT2D eigenvalue weighted by Crippen LogP contribution is -2.51. The van der Waals surface area contributed by atoms with Gasteiger partial charge >= 0.3 is 0 Å². The molecule has 3 atom stereocenters. The first kappa shape index (κ1) is 15.9. The first-order valence-electron chi connectivity index (χ1n) is 8.24. The summed E-state index contributed by atoms with van der Waals surface area (Å²) in [6.07, 6.45) is 3.20. The third-order valence-electron chi connectivity index (χ3n) is 4.83. The zero-order valence-electron chi connectivity index (χ0n) is 13.5. The van der Waals surface area contributed by atoms with Crippen LogP contribution in [0.15, 0.2) is 23.8 Å². The Labute approximate surface area is 144 Å². The Balaban J connectivity index is 1.46. The molecule has 0 amide bonds. The second-order valence-corrected chi connectivity index (χ2v) is 7.20. The van der Waals surface area contributed by atoms with Crippen LogP contribution in [0.2, 0.25) is 0 Å². The molecule has 0 N–H and O–H groups in total. The normalized spacial score (nSPS) is 27.2. The molecular formula is C17H20FN3O2S. The molecule has 0 radical (unpaired) electrons. The SMILES string of the molecule is Cc1ncsc1CN1CCO[C@H]2[C@H](Oc3ncccc3F)CC[C@@H]21. The van der Waals surface area contributed by atoms with Crippen molar-refractivity contribution in [3.8, 4) is 5.88 Å². The molecule has 3 heterocycles. The molecule has 0 bridgehead atoms. The lowest BCUT2D eigenvalue weighted by atomic mass is 10.1. The second-order valence-electron chi connectivity index (χ2n) is 6.26. The van der Waals surface area contributed by atoms with Crippen molar-refractivity contribution >= 4 is 11.3 Å². The zero-order valence-corrected chi connectivity index (χ0v) is 14.3. The molecule has 2 aromatic rings. The van der Waals surface area contributed by atoms with Crippen molar-refractivity contribution in [3.05, 3.63) is 40.2 Å². The van der Waals surface area contributed by atoms with Crippen LogP contribution in [-0.2, 0) is 11.3 Å². The van der Waals surface area contributed by atoms with Crippen molar-refractivity contribution in [2.45, 2.75) is 44.6 Å². The number of aryl methyl sites for hydroxylation is 1. The Hall–Kier alpha value is -1.57. The number of nitrogens with zero attached hydrogens (tertiary/aromatic N) is 3. The van der Waals surface area contributed by atoms with E-state index >= 15 is 0 Å². The smallest absolute Gasteiger partial charge is 0.250 e. The molecule has 5 nitrogen and oxygen atoms in total. The molecular weight excluding hydrogens is 329 g/mol. The van der Waals surface area contributed by atoms with Gasteiger partial charge in [-0.2, -0.15) is 0 Å². The fraction of sp³-hybridized carbons (Fsp3) is 0.529. The number of thiazole rings is 1. The predicted molar refractivity (Wildman–Crippen MR) is 88.6 cm³/mol. The first-order valence-corrected chi connectivity index (χ1v) is 9.12. The van der Waals surface area contributed by atoms with Gasteiger partial charge in [-0.25, -0.2) is 14.4 Å². The van der Waals surface area contributed by atoms with Gasteiger partial charge in [0.05, 0.1) is 17.8 Å². The Morgan fingerprint density at radius 2 is 2.33 bits per heavy atom. The number of fused-ring (bicyclic) bond motifs is 1. The van der Waals surface area contributed by atoms with Gasteiger partial charge in [0, 0.05) is 30.2 Å². The van der Waals surface area contributed by atoms with Crippen LogP contribution in [0.25, 0.3) is 0 Å². The Kier molecular flexibility index (Phi) is 4.47. The van der Waals surface area contributed by atoms with Gasteiger partial charge in [0.2, 0.25) is 0 Å². The van der Waals surface area contributed by atoms with Crippen LogP contribution in [0.4, 0.5) is 4.39 Å². The van der Waals surface area contributed by atoms with Gasteiger partial charge in [-0.3, -0.25) is 4.90 Å². The average molecular weight is 349 g/mol. The maximum atomic E-state index is 13.8. The zero-order chi connectivity index (χ0) is 16.5. The van der Waals surface area contributed by atoms with Gasteiger partial charge in [0.25, 0.3) is 5.88 Å². The van der Waals surface area contributed by atoms with Crippen LogP contribution in [0.5, 0.6) is 5.88 Å². The van der Waals surface area contributed by atoms with E-state index in [0.717, 1.165) is 31.6 Å². The maximum Gasteiger partial charge on any atom is 0.250 e. The quantitative estimate of drug-likeness (QED) is 0.849. The van der Waals surface area contributed by atoms with E-state index in [2.05, 4.69) is 14.9 Å². The van der Waals surface area contributed by atoms with Crippen molar-refractivity contribution in [2.75, 3.05) is 13.2 Å². The molecule has 1 aliphatic carbocycles. The lowest BCUT2D eigenvalue weighted by molar-refractivity contribution is -0.0925. The van der Waals surface area contributed by atoms with Crippen LogP contribution < -0.4 is 4.74 Å². The second kappa shape index (κ2) is 6.74. The Morgan fingerprint density at radius 1 is 1.42 bits per heavy atom. The summed E-state index contributed by atoms with van der Waals surface area (Å²) in [5.41, 5.74) is 3.00. The average Bonchev–Trinajstić information content (AvgIpc) is 3.17. The van der Waals surface area contributed by atoms with Gasteiger partial charge in [0.1, 0.15) is 12.2 Å². The highest BCUT2D eigenvalue weighted by molar-refractivity contribution is 7.09. The van der Waals surface area contributed by atoms with Crippen molar-refractivity contribution < 1.29 is 13.9 Å². The molecule has 24 heavy (non-hydrogen) atoms. The number of aromatic nitrogens is 2. The minimum Gasteiger partial charge on any atom is -0.469 e. The van der Waals surface area contributed by atoms with Crippen molar-refractivity contribution in [1.29, 1.82) is 0 Å². The van der Waals surface area contributed by atoms with Crippen molar-refractivity contribution in [1.82, 2.24) is 14.9 Å². The molecule has 128 valence electrons. The van der Waals surface area contributed by atoms with Gasteiger partial charge in [-0.1, -0.05) is 0 Å². The van der Waals surface area contributed by atoms with Crippen LogP contribution in [-0.4, -0.2) is 46.3 Å². The minimum atomic E-state index is -0.422. The fourth-order valence-electron chi connectivity index (χ4n) is 3.58. The standard InChI is InChI=1S/C17H20FN3O2S/c1-11-15(24-10-20-11)9-21-7-8-22-16-13(21)4-5-14(16)23-17-12(18)3-2-6-19-17/h2-3,6,10,13-14,16H,4-5,7-9H2,1H3/t13-,14+,16+/m0/s1. The summed E-state index contributed by atoms with van der Waals surface area (Å²) < 4.78 is 25.6. The molecule has 0 aromatic carbocycles. The highest BCUT2D eigenvalue weighted by Gasteiger charge is 2.44. The van der Waals surface area contributed by atoms with Crippen LogP contribution in [0, 0.1) is 12.7 Å². The van der Waals surface area contributed by atoms with Crippen molar-refractivity contribution in [3.63, 3.8) is 0 Å². The molecule has 7 heteroatoms. The van der Waals surface area contributed by atoms with E-state index in [4.69, 9.17) is 9.47 Å². The van der Waals surface area contributed by atoms with E-state index in [1.54, 1.807) is 23.6 Å². The highest BCUT2D eigenvalue weighted by atomic mass is 32.1. The predicted octanol–water partition coefficient (Wildman–Crippen LogP) is 2.80. The molecule has 1 aliphatic heterocycles. The van der Waals surface area contributed by atoms with E-state index in [1.165, 1.54) is 10.9 Å². The van der Waals surface area contributed by atoms with E-state index < -0.39 is 5.82 Å². The number of hydrogen-bond acceptors (Lipinski definition) is 6. The Bertz CT molecular complexity index is 711. The van der Waals surface area contributed by atoms with E-state index in [0.29, 0.717) is 12.6 Å². The largest absolute Gasteiger partial charge is 0.469 e. The minimum absolute atomic E-state index is 0.0339. The third kappa shape index (κ3) is 3.03. The summed E-state index contributed by atoms with van der Waals surface area (Å²) in [5, 5.41) is 0. The third-order valence-corrected chi connectivity index (χ3v) is 5.75. The van der Waals surface area contributed by atoms with Gasteiger partial charge in [-0.05, 0) is 31.9 Å². The summed E-state index contributed by atoms with van der Waals surface area (Å²) in [5.74, 6) is -0.351. The van der Waals surface area contributed by atoms with Crippen molar-refractivity contribution in [2.24, 2.45) is 0 Å². The molecule has 2 aliphatic rings. The molecule has 2 fully saturated rings. The number of hydrogen-bond donors (Lipinski definition) is 0. The summed E-state index contributed by atoms with van der Waals surface area (Å²) in [7, 11) is 0. The van der Waals surface area contributed by atoms with Gasteiger partial charge in [0.15, 0.2) is 5.82 Å². The summed E-state index contributed by atoms with van der Waals surface area (Å²) >= 11 is 1.70. The van der Waals surface area contributed by atoms with Crippen LogP contribution in [0.1, 0.15) is 23.4 Å². The number of morpholine rings is 1. The number of halogens is 1. The number of pyridine rings is 1. The lowest BCUT2D eigenvalue weighted by Gasteiger charge is -2.38. The monoisotopic (exact) mass is 349 g/mol. The maximum absolute atomic E-state index is 13.8. The van der Waals surface area contributed by atoms with E-state index in [-0.39, 0.29) is 18.1 Å². The molecule has 1 saturated heterocycles. The number of ether oxygens (including phenoxy) is 2. The van der Waals surface area contributed by atoms with Crippen LogP contribution >= 0.6 is 11.3 Å². The summed E-state index contributed by atoms with van der Waals surface area (Å²) in [6, 6.07) is 3.24. The summed E-state index contributed by atoms with van der Waals surface area (Å²) in [6.45, 7) is 4.52. The molecule has 1 saturated carbocycles. The first-order chi connectivity index (χ1) is 11.7. The molecule has 0 unspecified atom stereocenters. The molecule has 0 spiro atoms. The highest BCUT2D eigenvalue weighted by Crippen LogP contribution is 2.34. The van der Waals surface area contributed by atoms with Gasteiger partial charge in [-0.15, -0.1) is 11.3 Å². The van der Waals surface area contributed by atoms with Crippen LogP contribution in [0.3, 0.4) is 0 Å². The number of rotatable bonds is 4. The molecule has 4 rings (SSSR count). The fourth-order valence-corrected chi connectivity index (χ4v) is 4.38.